The molecule has 6 nitrogen and oxygen atoms in total. The molecular weight excluding hydrogens is 423 g/mol. The highest BCUT2D eigenvalue weighted by Gasteiger charge is 2.35. The van der Waals surface area contributed by atoms with Crippen LogP contribution < -0.4 is 9.47 Å². The second kappa shape index (κ2) is 8.46. The van der Waals surface area contributed by atoms with E-state index < -0.39 is 11.7 Å². The average molecular weight is 447 g/mol. The summed E-state index contributed by atoms with van der Waals surface area (Å²) in [6, 6.07) is 7.53. The molecular formula is C23H24F3N3O3. The molecule has 3 aromatic rings. The number of aryl methyl sites for hydroxylation is 1. The Kier molecular flexibility index (Phi) is 5.85. The number of benzene rings is 1. The minimum Gasteiger partial charge on any atom is -0.496 e. The molecule has 170 valence electrons. The lowest BCUT2D eigenvalue weighted by Gasteiger charge is -2.15. The Morgan fingerprint density at radius 2 is 1.91 bits per heavy atom. The predicted molar refractivity (Wildman–Crippen MR) is 112 cm³/mol. The van der Waals surface area contributed by atoms with Crippen LogP contribution in [0.4, 0.5) is 13.2 Å². The first-order valence-corrected chi connectivity index (χ1v) is 10.2. The molecule has 1 aromatic carbocycles. The average Bonchev–Trinajstić information content (AvgIpc) is 2.98. The van der Waals surface area contributed by atoms with Gasteiger partial charge in [-0.05, 0) is 38.5 Å². The van der Waals surface area contributed by atoms with Gasteiger partial charge in [0, 0.05) is 35.4 Å². The highest BCUT2D eigenvalue weighted by Crippen LogP contribution is 2.38. The third kappa shape index (κ3) is 4.17. The van der Waals surface area contributed by atoms with Crippen molar-refractivity contribution in [1.29, 1.82) is 0 Å². The molecule has 0 amide bonds. The van der Waals surface area contributed by atoms with Crippen molar-refractivity contribution in [3.63, 3.8) is 0 Å². The Labute approximate surface area is 183 Å². The summed E-state index contributed by atoms with van der Waals surface area (Å²) in [7, 11) is 2.78. The van der Waals surface area contributed by atoms with Crippen LogP contribution in [0.15, 0.2) is 30.3 Å². The van der Waals surface area contributed by atoms with E-state index in [2.05, 4.69) is 4.98 Å². The Hall–Kier alpha value is -3.07. The van der Waals surface area contributed by atoms with Gasteiger partial charge in [0.2, 0.25) is 5.88 Å². The third-order valence-electron chi connectivity index (χ3n) is 5.47. The number of aromatic nitrogens is 3. The minimum atomic E-state index is -4.51. The van der Waals surface area contributed by atoms with Gasteiger partial charge in [-0.3, -0.25) is 0 Å². The summed E-state index contributed by atoms with van der Waals surface area (Å²) in [5.41, 5.74) is 3.91. The van der Waals surface area contributed by atoms with Crippen LogP contribution in [0, 0.1) is 6.92 Å². The minimum absolute atomic E-state index is 0.0513. The van der Waals surface area contributed by atoms with Gasteiger partial charge < -0.3 is 14.2 Å². The number of nitrogens with zero attached hydrogens (tertiary/aromatic N) is 3. The summed E-state index contributed by atoms with van der Waals surface area (Å²) < 4.78 is 58.0. The van der Waals surface area contributed by atoms with Crippen molar-refractivity contribution in [2.24, 2.45) is 0 Å². The van der Waals surface area contributed by atoms with E-state index in [1.165, 1.54) is 19.2 Å². The van der Waals surface area contributed by atoms with Crippen LogP contribution in [-0.2, 0) is 23.8 Å². The van der Waals surface area contributed by atoms with Crippen LogP contribution in [0.5, 0.6) is 11.6 Å². The van der Waals surface area contributed by atoms with Gasteiger partial charge in [-0.2, -0.15) is 18.3 Å². The maximum Gasteiger partial charge on any atom is 0.419 e. The van der Waals surface area contributed by atoms with Crippen molar-refractivity contribution in [2.45, 2.75) is 39.0 Å². The molecule has 0 saturated heterocycles. The smallest absolute Gasteiger partial charge is 0.419 e. The molecule has 1 atom stereocenters. The van der Waals surface area contributed by atoms with Gasteiger partial charge in [-0.15, -0.1) is 0 Å². The van der Waals surface area contributed by atoms with Crippen LogP contribution in [0.3, 0.4) is 0 Å². The standard InChI is InChI=1S/C23H24F3N3O3/c1-13-9-15(11-21(27-13)31-4)22-17-7-8-32-14(2)10-19(17)29(28-22)16-5-6-18(23(24,25)26)20(12-16)30-3/h5-6,9,11-12,14H,7-8,10H2,1-4H3/t14-/m1/s1. The number of pyridine rings is 1. The highest BCUT2D eigenvalue weighted by atomic mass is 19.4. The fourth-order valence-corrected chi connectivity index (χ4v) is 4.02. The molecule has 3 heterocycles. The van der Waals surface area contributed by atoms with E-state index >= 15 is 0 Å². The molecule has 0 radical (unpaired) electrons. The summed E-state index contributed by atoms with van der Waals surface area (Å²) >= 11 is 0. The molecule has 9 heteroatoms. The van der Waals surface area contributed by atoms with Crippen molar-refractivity contribution in [2.75, 3.05) is 20.8 Å². The van der Waals surface area contributed by atoms with E-state index in [1.54, 1.807) is 11.8 Å². The van der Waals surface area contributed by atoms with E-state index in [-0.39, 0.29) is 11.9 Å². The molecule has 0 fully saturated rings. The molecule has 0 aliphatic carbocycles. The quantitative estimate of drug-likeness (QED) is 0.576. The maximum atomic E-state index is 13.3. The number of fused-ring (bicyclic) bond motifs is 1. The lowest BCUT2D eigenvalue weighted by molar-refractivity contribution is -0.138. The zero-order valence-electron chi connectivity index (χ0n) is 18.3. The number of methoxy groups -OCH3 is 2. The number of alkyl halides is 3. The van der Waals surface area contributed by atoms with Crippen molar-refractivity contribution >= 4 is 0 Å². The lowest BCUT2D eigenvalue weighted by Crippen LogP contribution is -2.14. The Balaban J connectivity index is 1.91. The van der Waals surface area contributed by atoms with Crippen molar-refractivity contribution in [1.82, 2.24) is 14.8 Å². The molecule has 1 aliphatic heterocycles. The van der Waals surface area contributed by atoms with Crippen molar-refractivity contribution < 1.29 is 27.4 Å². The fraction of sp³-hybridized carbons (Fsp3) is 0.391. The first-order chi connectivity index (χ1) is 15.2. The largest absolute Gasteiger partial charge is 0.496 e. The molecule has 4 rings (SSSR count). The molecule has 1 aliphatic rings. The van der Waals surface area contributed by atoms with E-state index in [9.17, 15) is 13.2 Å². The van der Waals surface area contributed by atoms with Crippen LogP contribution in [-0.4, -0.2) is 41.7 Å². The Morgan fingerprint density at radius 1 is 1.12 bits per heavy atom. The summed E-state index contributed by atoms with van der Waals surface area (Å²) in [6.45, 7) is 4.37. The van der Waals surface area contributed by atoms with Gasteiger partial charge in [0.25, 0.3) is 0 Å². The topological polar surface area (TPSA) is 58.4 Å². The summed E-state index contributed by atoms with van der Waals surface area (Å²) in [6.07, 6.45) is -3.35. The Morgan fingerprint density at radius 3 is 2.59 bits per heavy atom. The van der Waals surface area contributed by atoms with Gasteiger partial charge in [0.15, 0.2) is 0 Å². The van der Waals surface area contributed by atoms with Crippen LogP contribution in [0.1, 0.15) is 29.4 Å². The van der Waals surface area contributed by atoms with Gasteiger partial charge in [0.1, 0.15) is 5.75 Å². The number of rotatable bonds is 4. The molecule has 32 heavy (non-hydrogen) atoms. The third-order valence-corrected chi connectivity index (χ3v) is 5.47. The maximum absolute atomic E-state index is 13.3. The zero-order chi connectivity index (χ0) is 23.0. The van der Waals surface area contributed by atoms with Gasteiger partial charge >= 0.3 is 6.18 Å². The number of hydrogen-bond donors (Lipinski definition) is 0. The predicted octanol–water partition coefficient (Wildman–Crippen LogP) is 4.78. The van der Waals surface area contributed by atoms with Crippen LogP contribution in [0.2, 0.25) is 0 Å². The number of ether oxygens (including phenoxy) is 3. The van der Waals surface area contributed by atoms with Gasteiger partial charge in [-0.25, -0.2) is 9.67 Å². The SMILES string of the molecule is COc1cc(-c2nn(-c3ccc(C(F)(F)F)c(OC)c3)c3c2CCO[C@H](C)C3)cc(C)n1. The monoisotopic (exact) mass is 447 g/mol. The lowest BCUT2D eigenvalue weighted by atomic mass is 10.0. The first kappa shape index (κ1) is 22.1. The summed E-state index contributed by atoms with van der Waals surface area (Å²) in [5, 5.41) is 4.83. The normalized spacial score (nSPS) is 16.4. The fourth-order valence-electron chi connectivity index (χ4n) is 4.02. The van der Waals surface area contributed by atoms with E-state index in [0.717, 1.165) is 34.3 Å². The molecule has 0 saturated carbocycles. The molecule has 0 spiro atoms. The summed E-state index contributed by atoms with van der Waals surface area (Å²) in [5.74, 6) is 0.220. The van der Waals surface area contributed by atoms with E-state index in [4.69, 9.17) is 19.3 Å². The second-order valence-corrected chi connectivity index (χ2v) is 7.74. The zero-order valence-corrected chi connectivity index (χ0v) is 18.3. The van der Waals surface area contributed by atoms with Crippen LogP contribution in [0.25, 0.3) is 16.9 Å². The van der Waals surface area contributed by atoms with E-state index in [1.807, 2.05) is 26.0 Å². The van der Waals surface area contributed by atoms with Crippen molar-refractivity contribution in [3.05, 3.63) is 52.8 Å². The van der Waals surface area contributed by atoms with Gasteiger partial charge in [-0.1, -0.05) is 0 Å². The van der Waals surface area contributed by atoms with E-state index in [0.29, 0.717) is 31.0 Å². The van der Waals surface area contributed by atoms with Gasteiger partial charge in [0.05, 0.1) is 49.6 Å². The number of hydrogen-bond acceptors (Lipinski definition) is 5. The molecule has 0 bridgehead atoms. The molecule has 0 unspecified atom stereocenters. The molecule has 2 aromatic heterocycles. The molecule has 0 N–H and O–H groups in total. The Bertz CT molecular complexity index is 1140. The van der Waals surface area contributed by atoms with Crippen LogP contribution >= 0.6 is 0 Å². The second-order valence-electron chi connectivity index (χ2n) is 7.74. The highest BCUT2D eigenvalue weighted by molar-refractivity contribution is 5.67. The van der Waals surface area contributed by atoms with Crippen molar-refractivity contribution in [3.8, 4) is 28.6 Å². The first-order valence-electron chi connectivity index (χ1n) is 10.2. The summed E-state index contributed by atoms with van der Waals surface area (Å²) in [4.78, 5) is 4.34. The number of halogens is 3.